The highest BCUT2D eigenvalue weighted by molar-refractivity contribution is 5.80. The molecule has 0 aliphatic carbocycles. The third-order valence-electron chi connectivity index (χ3n) is 15.2. The van der Waals surface area contributed by atoms with Gasteiger partial charge in [-0.1, -0.05) is 284 Å². The second kappa shape index (κ2) is 58.7. The van der Waals surface area contributed by atoms with Crippen LogP contribution < -0.4 is 5.32 Å². The molecule has 0 saturated carbocycles. The third-order valence-corrected chi connectivity index (χ3v) is 15.2. The average Bonchev–Trinajstić information content (AvgIpc) is 3.61. The predicted molar refractivity (Wildman–Crippen MR) is 347 cm³/mol. The Hall–Kier alpha value is -3.68. The van der Waals surface area contributed by atoms with Gasteiger partial charge in [-0.3, -0.25) is 9.59 Å². The van der Waals surface area contributed by atoms with Crippen molar-refractivity contribution in [2.24, 2.45) is 0 Å². The van der Waals surface area contributed by atoms with Gasteiger partial charge in [0.05, 0.1) is 25.4 Å². The number of ether oxygens (including phenoxy) is 3. The Bertz CT molecular complexity index is 1770. The summed E-state index contributed by atoms with van der Waals surface area (Å²) in [5, 5.41) is 57.1. The first-order valence-corrected chi connectivity index (χ1v) is 33.7. The van der Waals surface area contributed by atoms with E-state index in [2.05, 4.69) is 111 Å². The number of amides is 1. The predicted octanol–water partition coefficient (Wildman–Crippen LogP) is 16.8. The van der Waals surface area contributed by atoms with E-state index in [1.54, 1.807) is 6.08 Å². The lowest BCUT2D eigenvalue weighted by atomic mass is 9.99. The molecule has 8 unspecified atom stereocenters. The van der Waals surface area contributed by atoms with Crippen molar-refractivity contribution in [3.05, 3.63) is 109 Å². The molecule has 83 heavy (non-hydrogen) atoms. The van der Waals surface area contributed by atoms with Crippen molar-refractivity contribution in [1.82, 2.24) is 5.32 Å². The fraction of sp³-hybridized carbons (Fsp3) is 0.722. The quantitative estimate of drug-likeness (QED) is 0.0149. The summed E-state index contributed by atoms with van der Waals surface area (Å²) in [6.45, 7) is 5.54. The molecular weight excluding hydrogens is 1040 g/mol. The number of unbranched alkanes of at least 4 members (excludes halogenated alkanes) is 28. The fourth-order valence-corrected chi connectivity index (χ4v) is 9.97. The molecule has 1 heterocycles. The summed E-state index contributed by atoms with van der Waals surface area (Å²) >= 11 is 0. The van der Waals surface area contributed by atoms with Crippen molar-refractivity contribution in [2.45, 2.75) is 320 Å². The van der Waals surface area contributed by atoms with Gasteiger partial charge in [-0.15, -0.1) is 0 Å². The van der Waals surface area contributed by atoms with Crippen LogP contribution in [0.5, 0.6) is 0 Å². The number of carbonyl (C=O) groups excluding carboxylic acids is 2. The van der Waals surface area contributed by atoms with Gasteiger partial charge in [0, 0.05) is 6.42 Å². The number of hydrogen-bond donors (Lipinski definition) is 6. The fourth-order valence-electron chi connectivity index (χ4n) is 9.97. The monoisotopic (exact) mass is 1160 g/mol. The normalized spacial score (nSPS) is 19.3. The summed E-state index contributed by atoms with van der Waals surface area (Å²) in [6, 6.07) is -1.04. The first-order chi connectivity index (χ1) is 40.7. The van der Waals surface area contributed by atoms with Crippen molar-refractivity contribution < 1.29 is 49.3 Å². The smallest absolute Gasteiger partial charge is 0.306 e. The molecule has 11 nitrogen and oxygen atoms in total. The average molecular weight is 1160 g/mol. The highest BCUT2D eigenvalue weighted by Crippen LogP contribution is 2.26. The lowest BCUT2D eigenvalue weighted by molar-refractivity contribution is -0.305. The van der Waals surface area contributed by atoms with Crippen molar-refractivity contribution in [1.29, 1.82) is 0 Å². The molecule has 476 valence electrons. The van der Waals surface area contributed by atoms with Gasteiger partial charge >= 0.3 is 5.97 Å². The van der Waals surface area contributed by atoms with Crippen LogP contribution in [0.4, 0.5) is 0 Å². The van der Waals surface area contributed by atoms with Gasteiger partial charge in [0.2, 0.25) is 5.91 Å². The summed E-state index contributed by atoms with van der Waals surface area (Å²) in [5.41, 5.74) is 0. The van der Waals surface area contributed by atoms with Gasteiger partial charge in [0.25, 0.3) is 0 Å². The highest BCUT2D eigenvalue weighted by Gasteiger charge is 2.47. The summed E-state index contributed by atoms with van der Waals surface area (Å²) in [7, 11) is 0. The first kappa shape index (κ1) is 77.3. The molecular formula is C72H123NO10. The molecule has 0 bridgehead atoms. The number of carbonyl (C=O) groups is 2. The topological polar surface area (TPSA) is 175 Å². The summed E-state index contributed by atoms with van der Waals surface area (Å²) in [4.78, 5) is 26.6. The van der Waals surface area contributed by atoms with Crippen LogP contribution in [0.15, 0.2) is 109 Å². The van der Waals surface area contributed by atoms with Crippen LogP contribution in [0, 0.1) is 0 Å². The van der Waals surface area contributed by atoms with E-state index >= 15 is 0 Å². The van der Waals surface area contributed by atoms with Crippen LogP contribution in [-0.2, 0) is 23.8 Å². The van der Waals surface area contributed by atoms with Crippen LogP contribution >= 0.6 is 0 Å². The van der Waals surface area contributed by atoms with Crippen molar-refractivity contribution in [3.63, 3.8) is 0 Å². The molecule has 1 amide bonds. The molecule has 0 spiro atoms. The molecule has 0 radical (unpaired) electrons. The van der Waals surface area contributed by atoms with Gasteiger partial charge in [0.1, 0.15) is 24.4 Å². The molecule has 1 fully saturated rings. The maximum Gasteiger partial charge on any atom is 0.306 e. The van der Waals surface area contributed by atoms with E-state index in [0.717, 1.165) is 122 Å². The third kappa shape index (κ3) is 46.2. The Morgan fingerprint density at radius 3 is 1.43 bits per heavy atom. The lowest BCUT2D eigenvalue weighted by Gasteiger charge is -2.41. The Balaban J connectivity index is 2.58. The summed E-state index contributed by atoms with van der Waals surface area (Å²) in [5.74, 6) is -1.21. The van der Waals surface area contributed by atoms with E-state index in [-0.39, 0.29) is 19.4 Å². The number of aliphatic hydroxyl groups is 5. The van der Waals surface area contributed by atoms with Crippen LogP contribution in [-0.4, -0.2) is 99.6 Å². The van der Waals surface area contributed by atoms with E-state index < -0.39 is 67.4 Å². The van der Waals surface area contributed by atoms with E-state index in [1.165, 1.54) is 103 Å². The Morgan fingerprint density at radius 1 is 0.494 bits per heavy atom. The van der Waals surface area contributed by atoms with Crippen molar-refractivity contribution >= 4 is 11.9 Å². The van der Waals surface area contributed by atoms with Crippen LogP contribution in [0.1, 0.15) is 271 Å². The number of hydrogen-bond acceptors (Lipinski definition) is 10. The molecule has 0 aromatic carbocycles. The van der Waals surface area contributed by atoms with Gasteiger partial charge in [-0.25, -0.2) is 0 Å². The minimum atomic E-state index is -1.62. The van der Waals surface area contributed by atoms with E-state index in [0.29, 0.717) is 12.8 Å². The molecule has 11 heteroatoms. The highest BCUT2D eigenvalue weighted by atomic mass is 16.7. The van der Waals surface area contributed by atoms with Crippen LogP contribution in [0.25, 0.3) is 0 Å². The Kier molecular flexibility index (Phi) is 54.7. The first-order valence-electron chi connectivity index (χ1n) is 33.7. The standard InChI is InChI=1S/C72H123NO10/c1-4-7-10-13-16-19-22-25-27-28-29-30-31-32-33-34-35-36-37-38-39-42-45-48-51-54-57-60-67(77)83-70-69(79)68(78)66(61-74)82-72(70)81-62-63(64(75)58-55-52-49-46-43-40-24-21-18-15-12-9-6-3)73-71(80)65(76)59-56-53-50-47-44-41-26-23-20-17-14-11-8-5-2/h7-8,10-11,14,16-17,19-20,23,25,27,29-30,32-33,55,58,63-66,68-70,72,74-76,78-79H,4-6,9,12-13,15,18,21-22,24,26,28,31,34-54,56-57,59-62H2,1-3H3,(H,73,80)/b10-7-,11-8+,17-14+,19-16-,23-20+,27-25-,30-29-,33-32-,58-55+. The van der Waals surface area contributed by atoms with E-state index in [1.807, 2.05) is 18.2 Å². The number of allylic oxidation sites excluding steroid dienone is 17. The van der Waals surface area contributed by atoms with E-state index in [4.69, 9.17) is 14.2 Å². The summed E-state index contributed by atoms with van der Waals surface area (Å²) in [6.07, 6.45) is 69.8. The molecule has 8 atom stereocenters. The number of aliphatic hydroxyl groups excluding tert-OH is 5. The zero-order valence-electron chi connectivity index (χ0n) is 52.8. The molecule has 1 rings (SSSR count). The molecule has 1 aliphatic rings. The van der Waals surface area contributed by atoms with Crippen molar-refractivity contribution in [3.8, 4) is 0 Å². The zero-order valence-corrected chi connectivity index (χ0v) is 52.8. The number of nitrogens with one attached hydrogen (secondary N) is 1. The van der Waals surface area contributed by atoms with E-state index in [9.17, 15) is 35.1 Å². The van der Waals surface area contributed by atoms with Gasteiger partial charge in [-0.05, 0) is 89.9 Å². The van der Waals surface area contributed by atoms with Gasteiger partial charge in [-0.2, -0.15) is 0 Å². The molecule has 0 aromatic rings. The van der Waals surface area contributed by atoms with Crippen LogP contribution in [0.2, 0.25) is 0 Å². The second-order valence-corrected chi connectivity index (χ2v) is 22.9. The number of rotatable bonds is 56. The Morgan fingerprint density at radius 2 is 0.928 bits per heavy atom. The maximum atomic E-state index is 13.4. The minimum absolute atomic E-state index is 0.113. The zero-order chi connectivity index (χ0) is 60.3. The van der Waals surface area contributed by atoms with Gasteiger partial charge < -0.3 is 45.1 Å². The Labute approximate surface area is 507 Å². The minimum Gasteiger partial charge on any atom is -0.454 e. The SMILES string of the molecule is CC/C=C\C/C=C\C/C=C\C/C=C\C/C=C\CCCCCCCCCCCCCC(=O)OC1C(OCC(NC(=O)C(O)CCCCCCCC/C=C/C=C/C=C/CC)C(O)/C=C/CCCCCCCCCCCCC)OC(CO)C(O)C1O. The molecule has 1 aliphatic heterocycles. The maximum absolute atomic E-state index is 13.4. The van der Waals surface area contributed by atoms with Crippen LogP contribution in [0.3, 0.4) is 0 Å². The second-order valence-electron chi connectivity index (χ2n) is 22.9. The van der Waals surface area contributed by atoms with Gasteiger partial charge in [0.15, 0.2) is 12.4 Å². The molecule has 6 N–H and O–H groups in total. The summed E-state index contributed by atoms with van der Waals surface area (Å²) < 4.78 is 17.7. The molecule has 0 aromatic heterocycles. The largest absolute Gasteiger partial charge is 0.454 e. The van der Waals surface area contributed by atoms with Crippen molar-refractivity contribution in [2.75, 3.05) is 13.2 Å². The molecule has 1 saturated heterocycles. The number of esters is 1. The lowest BCUT2D eigenvalue weighted by Crippen LogP contribution is -2.61.